The van der Waals surface area contributed by atoms with Crippen LogP contribution in [0.2, 0.25) is 0 Å². The monoisotopic (exact) mass is 344 g/mol. The van der Waals surface area contributed by atoms with Gasteiger partial charge in [0.05, 0.1) is 12.7 Å². The van der Waals surface area contributed by atoms with E-state index >= 15 is 0 Å². The van der Waals surface area contributed by atoms with E-state index in [1.807, 2.05) is 0 Å². The molecule has 0 saturated carbocycles. The first-order chi connectivity index (χ1) is 11.2. The number of nitro groups is 1. The van der Waals surface area contributed by atoms with Crippen molar-refractivity contribution in [1.82, 2.24) is 14.5 Å². The first kappa shape index (κ1) is 16.0. The highest BCUT2D eigenvalue weighted by molar-refractivity contribution is 5.24. The predicted molar refractivity (Wildman–Crippen MR) is 72.6 cm³/mol. The number of imidazole rings is 1. The van der Waals surface area contributed by atoms with Gasteiger partial charge in [0.15, 0.2) is 5.60 Å². The molecule has 0 N–H and O–H groups in total. The molecule has 0 bridgehead atoms. The number of hydrogen-bond acceptors (Lipinski definition) is 6. The maximum atomic E-state index is 12.4. The summed E-state index contributed by atoms with van der Waals surface area (Å²) in [4.78, 5) is 17.0. The number of alkyl halides is 3. The molecule has 1 atom stereocenters. The molecule has 2 aromatic heterocycles. The van der Waals surface area contributed by atoms with E-state index < -0.39 is 22.4 Å². The molecule has 0 radical (unpaired) electrons. The van der Waals surface area contributed by atoms with Gasteiger partial charge in [0.2, 0.25) is 0 Å². The quantitative estimate of drug-likeness (QED) is 0.625. The number of pyridine rings is 1. The summed E-state index contributed by atoms with van der Waals surface area (Å²) in [6, 6.07) is 2.08. The number of halogens is 3. The number of nitrogens with zero attached hydrogens (tertiary/aromatic N) is 4. The van der Waals surface area contributed by atoms with Gasteiger partial charge in [-0.1, -0.05) is 0 Å². The normalized spacial score (nSPS) is 19.7. The minimum Gasteiger partial charge on any atom is -0.488 e. The Morgan fingerprint density at radius 3 is 2.79 bits per heavy atom. The second kappa shape index (κ2) is 5.35. The van der Waals surface area contributed by atoms with Crippen molar-refractivity contribution in [3.05, 3.63) is 40.3 Å². The summed E-state index contributed by atoms with van der Waals surface area (Å²) in [6.07, 6.45) is -2.28. The zero-order valence-corrected chi connectivity index (χ0v) is 12.3. The van der Waals surface area contributed by atoms with Gasteiger partial charge in [0.1, 0.15) is 24.2 Å². The van der Waals surface area contributed by atoms with Crippen molar-refractivity contribution in [1.29, 1.82) is 0 Å². The van der Waals surface area contributed by atoms with Crippen LogP contribution in [-0.4, -0.2) is 31.7 Å². The molecule has 0 amide bonds. The molecule has 3 heterocycles. The summed E-state index contributed by atoms with van der Waals surface area (Å²) < 4.78 is 49.7. The second-order valence-electron chi connectivity index (χ2n) is 5.48. The number of rotatable bonds is 4. The maximum absolute atomic E-state index is 12.4. The van der Waals surface area contributed by atoms with Crippen molar-refractivity contribution >= 4 is 5.82 Å². The van der Waals surface area contributed by atoms with Gasteiger partial charge in [-0.05, 0) is 24.0 Å². The summed E-state index contributed by atoms with van der Waals surface area (Å²) in [5.41, 5.74) is -1.86. The molecule has 0 saturated heterocycles. The minimum atomic E-state index is -4.51. The van der Waals surface area contributed by atoms with Gasteiger partial charge in [-0.15, -0.1) is 0 Å². The van der Waals surface area contributed by atoms with Gasteiger partial charge in [0.25, 0.3) is 0 Å². The van der Waals surface area contributed by atoms with Gasteiger partial charge in [0, 0.05) is 4.98 Å². The van der Waals surface area contributed by atoms with E-state index in [1.54, 1.807) is 6.92 Å². The molecule has 8 nitrogen and oxygen atoms in total. The number of hydrogen-bond donors (Lipinski definition) is 0. The van der Waals surface area contributed by atoms with Crippen LogP contribution in [0.25, 0.3) is 0 Å². The van der Waals surface area contributed by atoms with Crippen LogP contribution < -0.4 is 9.47 Å². The van der Waals surface area contributed by atoms with Gasteiger partial charge in [-0.3, -0.25) is 4.57 Å². The number of ether oxygens (including phenoxy) is 2. The lowest BCUT2D eigenvalue weighted by Crippen LogP contribution is -2.38. The van der Waals surface area contributed by atoms with E-state index in [9.17, 15) is 23.3 Å². The van der Waals surface area contributed by atoms with Crippen molar-refractivity contribution in [2.45, 2.75) is 25.2 Å². The molecule has 11 heteroatoms. The van der Waals surface area contributed by atoms with E-state index in [2.05, 4.69) is 9.97 Å². The van der Waals surface area contributed by atoms with Crippen molar-refractivity contribution in [3.63, 3.8) is 0 Å². The first-order valence-corrected chi connectivity index (χ1v) is 6.73. The highest BCUT2D eigenvalue weighted by atomic mass is 19.4. The molecular weight excluding hydrogens is 333 g/mol. The van der Waals surface area contributed by atoms with Crippen LogP contribution in [0.3, 0.4) is 0 Å². The minimum absolute atomic E-state index is 0.0111. The molecule has 0 spiro atoms. The van der Waals surface area contributed by atoms with Gasteiger partial charge in [-0.25, -0.2) is 4.98 Å². The smallest absolute Gasteiger partial charge is 0.433 e. The van der Waals surface area contributed by atoms with E-state index in [-0.39, 0.29) is 30.7 Å². The van der Waals surface area contributed by atoms with Crippen molar-refractivity contribution in [2.24, 2.45) is 0 Å². The molecule has 0 aromatic carbocycles. The van der Waals surface area contributed by atoms with Crippen LogP contribution in [-0.2, 0) is 12.7 Å². The van der Waals surface area contributed by atoms with Crippen LogP contribution in [0.4, 0.5) is 19.0 Å². The van der Waals surface area contributed by atoms with Crippen LogP contribution in [0.1, 0.15) is 12.6 Å². The summed E-state index contributed by atoms with van der Waals surface area (Å²) in [6.45, 7) is 1.97. The number of fused-ring (bicyclic) bond motifs is 1. The zero-order valence-electron chi connectivity index (χ0n) is 12.3. The Morgan fingerprint density at radius 1 is 1.50 bits per heavy atom. The highest BCUT2D eigenvalue weighted by Crippen LogP contribution is 2.32. The molecule has 2 aromatic rings. The van der Waals surface area contributed by atoms with Crippen molar-refractivity contribution in [3.8, 4) is 11.8 Å². The molecular formula is C13H11F3N4O4. The van der Waals surface area contributed by atoms with Crippen molar-refractivity contribution < 1.29 is 27.6 Å². The summed E-state index contributed by atoms with van der Waals surface area (Å²) in [7, 11) is 0. The van der Waals surface area contributed by atoms with Crippen molar-refractivity contribution in [2.75, 3.05) is 6.61 Å². The van der Waals surface area contributed by atoms with Gasteiger partial charge in [-0.2, -0.15) is 13.2 Å². The highest BCUT2D eigenvalue weighted by Gasteiger charge is 2.41. The lowest BCUT2D eigenvalue weighted by Gasteiger charge is -2.22. The molecule has 0 fully saturated rings. The van der Waals surface area contributed by atoms with E-state index in [0.717, 1.165) is 18.3 Å². The molecule has 128 valence electrons. The third-order valence-corrected chi connectivity index (χ3v) is 3.33. The average molecular weight is 344 g/mol. The molecule has 0 aliphatic carbocycles. The van der Waals surface area contributed by atoms with Gasteiger partial charge >= 0.3 is 18.0 Å². The standard InChI is InChI=1S/C13H11F3N4O4/c1-12(6-19-5-10(20(21)22)18-11(19)24-12)7-23-8-2-3-9(17-4-8)13(14,15)16/h2-5H,6-7H2,1H3. The Morgan fingerprint density at radius 2 is 2.25 bits per heavy atom. The third kappa shape index (κ3) is 3.09. The molecule has 24 heavy (non-hydrogen) atoms. The Balaban J connectivity index is 1.63. The topological polar surface area (TPSA) is 92.3 Å². The average Bonchev–Trinajstić information content (AvgIpc) is 3.00. The predicted octanol–water partition coefficient (Wildman–Crippen LogP) is 2.44. The Hall–Kier alpha value is -2.85. The fraction of sp³-hybridized carbons (Fsp3) is 0.385. The van der Waals surface area contributed by atoms with Crippen LogP contribution >= 0.6 is 0 Å². The Bertz CT molecular complexity index is 749. The van der Waals surface area contributed by atoms with Crippen LogP contribution in [0.15, 0.2) is 24.5 Å². The second-order valence-corrected chi connectivity index (χ2v) is 5.48. The summed E-state index contributed by atoms with van der Waals surface area (Å²) in [5.74, 6) is -0.164. The molecule has 1 aliphatic rings. The fourth-order valence-electron chi connectivity index (χ4n) is 2.23. The fourth-order valence-corrected chi connectivity index (χ4v) is 2.23. The molecule has 1 aliphatic heterocycles. The van der Waals surface area contributed by atoms with Crippen LogP contribution in [0, 0.1) is 10.1 Å². The summed E-state index contributed by atoms with van der Waals surface area (Å²) in [5, 5.41) is 10.6. The SMILES string of the molecule is CC1(COc2ccc(C(F)(F)F)nc2)Cn2cc([N+](=O)[O-])nc2O1. The summed E-state index contributed by atoms with van der Waals surface area (Å²) >= 11 is 0. The third-order valence-electron chi connectivity index (χ3n) is 3.33. The largest absolute Gasteiger partial charge is 0.488 e. The van der Waals surface area contributed by atoms with E-state index in [0.29, 0.717) is 0 Å². The zero-order chi connectivity index (χ0) is 17.5. The van der Waals surface area contributed by atoms with E-state index in [1.165, 1.54) is 10.8 Å². The first-order valence-electron chi connectivity index (χ1n) is 6.73. The number of aromatic nitrogens is 3. The lowest BCUT2D eigenvalue weighted by molar-refractivity contribution is -0.389. The Labute approximate surface area is 133 Å². The van der Waals surface area contributed by atoms with E-state index in [4.69, 9.17) is 9.47 Å². The van der Waals surface area contributed by atoms with Gasteiger partial charge < -0.3 is 19.6 Å². The maximum Gasteiger partial charge on any atom is 0.433 e. The Kier molecular flexibility index (Phi) is 3.57. The molecule has 3 rings (SSSR count). The lowest BCUT2D eigenvalue weighted by atomic mass is 10.1. The molecule has 1 unspecified atom stereocenters. The van der Waals surface area contributed by atoms with Crippen LogP contribution in [0.5, 0.6) is 11.8 Å².